The molecular formula is C40H34O10. The molecule has 10 heteroatoms. The zero-order valence-corrected chi connectivity index (χ0v) is 27.7. The zero-order chi connectivity index (χ0) is 36.1. The summed E-state index contributed by atoms with van der Waals surface area (Å²) < 4.78 is 22.7. The standard InChI is InChI=1S/C40H34O10/c1-39(2,35(43)25-5-13-29(41)14-6-25)49-33-19-9-26(10-20-33)36(44)40(3,4)50-34-23-21-32(22-24-34)48-38(46)28-11-17-31(18-12-28)47-37(45)27-7-15-30(42)16-8-27/h5-24,41-42H,1-4H3. The lowest BCUT2D eigenvalue weighted by Crippen LogP contribution is -2.39. The molecule has 0 saturated heterocycles. The molecule has 0 amide bonds. The highest BCUT2D eigenvalue weighted by atomic mass is 16.5. The Kier molecular flexibility index (Phi) is 10.0. The largest absolute Gasteiger partial charge is 0.508 e. The van der Waals surface area contributed by atoms with Crippen LogP contribution in [-0.4, -0.2) is 44.9 Å². The molecule has 5 aromatic carbocycles. The van der Waals surface area contributed by atoms with Crippen LogP contribution in [0.15, 0.2) is 121 Å². The molecule has 0 unspecified atom stereocenters. The van der Waals surface area contributed by atoms with Crippen LogP contribution in [0.3, 0.4) is 0 Å². The van der Waals surface area contributed by atoms with Gasteiger partial charge in [0.15, 0.2) is 11.2 Å². The van der Waals surface area contributed by atoms with Crippen LogP contribution in [0, 0.1) is 0 Å². The molecule has 10 nitrogen and oxygen atoms in total. The Morgan fingerprint density at radius 3 is 1.04 bits per heavy atom. The number of carbonyl (C=O) groups excluding carboxylic acids is 4. The Bertz CT molecular complexity index is 1990. The molecule has 0 fully saturated rings. The van der Waals surface area contributed by atoms with Crippen molar-refractivity contribution in [3.8, 4) is 34.5 Å². The number of phenolic OH excluding ortho intramolecular Hbond substituents is 2. The summed E-state index contributed by atoms with van der Waals surface area (Å²) in [7, 11) is 0. The van der Waals surface area contributed by atoms with E-state index >= 15 is 0 Å². The number of aromatic hydroxyl groups is 2. The van der Waals surface area contributed by atoms with Crippen molar-refractivity contribution in [2.75, 3.05) is 0 Å². The molecule has 5 rings (SSSR count). The third kappa shape index (κ3) is 8.53. The molecule has 0 aromatic heterocycles. The summed E-state index contributed by atoms with van der Waals surface area (Å²) in [6.45, 7) is 6.56. The van der Waals surface area contributed by atoms with Crippen molar-refractivity contribution in [1.29, 1.82) is 0 Å². The SMILES string of the molecule is CC(C)(Oc1ccc(C(=O)C(C)(C)Oc2ccc(OC(=O)c3ccc(OC(=O)c4ccc(O)cc4)cc3)cc2)cc1)C(=O)c1ccc(O)cc1. The predicted molar refractivity (Wildman–Crippen MR) is 184 cm³/mol. The minimum absolute atomic E-state index is 0.0286. The molecule has 0 aliphatic carbocycles. The lowest BCUT2D eigenvalue weighted by Gasteiger charge is -2.26. The Morgan fingerprint density at radius 1 is 0.400 bits per heavy atom. The molecule has 0 heterocycles. The molecule has 0 saturated carbocycles. The Hall–Kier alpha value is -6.42. The van der Waals surface area contributed by atoms with Crippen LogP contribution in [-0.2, 0) is 0 Å². The van der Waals surface area contributed by atoms with E-state index in [4.69, 9.17) is 18.9 Å². The molecule has 50 heavy (non-hydrogen) atoms. The molecule has 0 bridgehead atoms. The third-order valence-corrected chi connectivity index (χ3v) is 7.52. The zero-order valence-electron chi connectivity index (χ0n) is 27.7. The van der Waals surface area contributed by atoms with Gasteiger partial charge in [-0.05, 0) is 149 Å². The second-order valence-electron chi connectivity index (χ2n) is 12.3. The number of Topliss-reactive ketones (excluding diaryl/α,β-unsaturated/α-hetero) is 2. The fourth-order valence-electron chi connectivity index (χ4n) is 4.83. The van der Waals surface area contributed by atoms with Crippen molar-refractivity contribution in [2.24, 2.45) is 0 Å². The van der Waals surface area contributed by atoms with Gasteiger partial charge in [0.05, 0.1) is 11.1 Å². The second kappa shape index (κ2) is 14.4. The predicted octanol–water partition coefficient (Wildman–Crippen LogP) is 7.62. The summed E-state index contributed by atoms with van der Waals surface area (Å²) in [5.41, 5.74) is -1.22. The summed E-state index contributed by atoms with van der Waals surface area (Å²) in [4.78, 5) is 51.3. The monoisotopic (exact) mass is 674 g/mol. The summed E-state index contributed by atoms with van der Waals surface area (Å²) in [6, 6.07) is 30.0. The van der Waals surface area contributed by atoms with Crippen LogP contribution >= 0.6 is 0 Å². The smallest absolute Gasteiger partial charge is 0.343 e. The fourth-order valence-corrected chi connectivity index (χ4v) is 4.83. The van der Waals surface area contributed by atoms with Crippen molar-refractivity contribution in [2.45, 2.75) is 38.9 Å². The Labute approximate surface area is 288 Å². The van der Waals surface area contributed by atoms with Crippen LogP contribution < -0.4 is 18.9 Å². The average Bonchev–Trinajstić information content (AvgIpc) is 3.09. The molecule has 2 N–H and O–H groups in total. The van der Waals surface area contributed by atoms with E-state index in [1.165, 1.54) is 84.9 Å². The Morgan fingerprint density at radius 2 is 0.660 bits per heavy atom. The molecular weight excluding hydrogens is 640 g/mol. The van der Waals surface area contributed by atoms with Crippen molar-refractivity contribution < 1.29 is 48.3 Å². The highest BCUT2D eigenvalue weighted by Gasteiger charge is 2.33. The first kappa shape index (κ1) is 34.9. The van der Waals surface area contributed by atoms with Crippen LogP contribution in [0.2, 0.25) is 0 Å². The van der Waals surface area contributed by atoms with Crippen LogP contribution in [0.4, 0.5) is 0 Å². The molecule has 5 aromatic rings. The van der Waals surface area contributed by atoms with Gasteiger partial charge in [-0.25, -0.2) is 9.59 Å². The first-order valence-corrected chi connectivity index (χ1v) is 15.5. The van der Waals surface area contributed by atoms with Gasteiger partial charge in [0.1, 0.15) is 34.5 Å². The topological polar surface area (TPSA) is 146 Å². The quantitative estimate of drug-likeness (QED) is 0.0770. The van der Waals surface area contributed by atoms with Gasteiger partial charge in [-0.1, -0.05) is 0 Å². The summed E-state index contributed by atoms with van der Waals surface area (Å²) in [5, 5.41) is 18.9. The van der Waals surface area contributed by atoms with E-state index in [-0.39, 0.29) is 45.7 Å². The number of phenols is 2. The summed E-state index contributed by atoms with van der Waals surface area (Å²) in [6.07, 6.45) is 0. The second-order valence-corrected chi connectivity index (χ2v) is 12.3. The number of hydrogen-bond donors (Lipinski definition) is 2. The molecule has 0 radical (unpaired) electrons. The van der Waals surface area contributed by atoms with Gasteiger partial charge in [0, 0.05) is 11.1 Å². The number of ether oxygens (including phenoxy) is 4. The van der Waals surface area contributed by atoms with Gasteiger partial charge < -0.3 is 29.2 Å². The lowest BCUT2D eigenvalue weighted by atomic mass is 9.95. The van der Waals surface area contributed by atoms with Gasteiger partial charge in [0.25, 0.3) is 0 Å². The highest BCUT2D eigenvalue weighted by molar-refractivity contribution is 6.03. The first-order chi connectivity index (χ1) is 23.7. The number of carbonyl (C=O) groups is 4. The van der Waals surface area contributed by atoms with Crippen LogP contribution in [0.5, 0.6) is 34.5 Å². The molecule has 0 spiro atoms. The van der Waals surface area contributed by atoms with E-state index in [1.54, 1.807) is 64.1 Å². The van der Waals surface area contributed by atoms with E-state index in [0.717, 1.165) is 0 Å². The van der Waals surface area contributed by atoms with Crippen LogP contribution in [0.1, 0.15) is 69.1 Å². The number of esters is 2. The maximum absolute atomic E-state index is 13.4. The number of hydrogen-bond acceptors (Lipinski definition) is 10. The molecule has 0 atom stereocenters. The van der Waals surface area contributed by atoms with E-state index in [9.17, 15) is 29.4 Å². The average molecular weight is 675 g/mol. The Balaban J connectivity index is 1.14. The van der Waals surface area contributed by atoms with Gasteiger partial charge in [0.2, 0.25) is 11.6 Å². The van der Waals surface area contributed by atoms with Gasteiger partial charge in [-0.15, -0.1) is 0 Å². The van der Waals surface area contributed by atoms with Crippen molar-refractivity contribution in [3.05, 3.63) is 144 Å². The van der Waals surface area contributed by atoms with E-state index in [1.807, 2.05) is 0 Å². The number of ketones is 2. The molecule has 0 aliphatic heterocycles. The van der Waals surface area contributed by atoms with E-state index in [0.29, 0.717) is 22.6 Å². The minimum Gasteiger partial charge on any atom is -0.508 e. The molecule has 0 aliphatic rings. The lowest BCUT2D eigenvalue weighted by molar-refractivity contribution is 0.0575. The van der Waals surface area contributed by atoms with Gasteiger partial charge in [-0.2, -0.15) is 0 Å². The maximum atomic E-state index is 13.4. The van der Waals surface area contributed by atoms with Crippen molar-refractivity contribution in [1.82, 2.24) is 0 Å². The summed E-state index contributed by atoms with van der Waals surface area (Å²) in [5.74, 6) is -0.483. The third-order valence-electron chi connectivity index (χ3n) is 7.52. The summed E-state index contributed by atoms with van der Waals surface area (Å²) >= 11 is 0. The highest BCUT2D eigenvalue weighted by Crippen LogP contribution is 2.28. The maximum Gasteiger partial charge on any atom is 0.343 e. The van der Waals surface area contributed by atoms with Crippen molar-refractivity contribution >= 4 is 23.5 Å². The first-order valence-electron chi connectivity index (χ1n) is 15.5. The van der Waals surface area contributed by atoms with Crippen LogP contribution in [0.25, 0.3) is 0 Å². The minimum atomic E-state index is -1.26. The fraction of sp³-hybridized carbons (Fsp3) is 0.150. The normalized spacial score (nSPS) is 11.3. The molecule has 254 valence electrons. The number of rotatable bonds is 12. The van der Waals surface area contributed by atoms with Gasteiger partial charge >= 0.3 is 11.9 Å². The van der Waals surface area contributed by atoms with E-state index < -0.39 is 23.1 Å². The van der Waals surface area contributed by atoms with E-state index in [2.05, 4.69) is 0 Å². The van der Waals surface area contributed by atoms with Gasteiger partial charge in [-0.3, -0.25) is 9.59 Å². The number of benzene rings is 5. The van der Waals surface area contributed by atoms with Crippen molar-refractivity contribution in [3.63, 3.8) is 0 Å².